The van der Waals surface area contributed by atoms with Crippen molar-refractivity contribution in [2.24, 2.45) is 0 Å². The van der Waals surface area contributed by atoms with Crippen LogP contribution in [0.15, 0.2) is 59.5 Å². The van der Waals surface area contributed by atoms with Crippen LogP contribution in [0.5, 0.6) is 0 Å². The minimum atomic E-state index is -4.53. The molecule has 0 aromatic heterocycles. The van der Waals surface area contributed by atoms with Crippen molar-refractivity contribution >= 4 is 15.9 Å². The predicted octanol–water partition coefficient (Wildman–Crippen LogP) is 2.42. The molecular formula is C19H21F3N2O4S. The highest BCUT2D eigenvalue weighted by molar-refractivity contribution is 7.89. The molecule has 2 rings (SSSR count). The normalized spacial score (nSPS) is 13.1. The summed E-state index contributed by atoms with van der Waals surface area (Å²) in [6.45, 7) is -1.52. The molecule has 2 aromatic rings. The largest absolute Gasteiger partial charge is 0.405 e. The fraction of sp³-hybridized carbons (Fsp3) is 0.316. The predicted molar refractivity (Wildman–Crippen MR) is 101 cm³/mol. The third kappa shape index (κ3) is 7.15. The zero-order chi connectivity index (χ0) is 21.5. The number of carbonyl (C=O) groups is 1. The third-order valence-electron chi connectivity index (χ3n) is 4.14. The van der Waals surface area contributed by atoms with Crippen LogP contribution in [0, 0.1) is 0 Å². The highest BCUT2D eigenvalue weighted by Gasteiger charge is 2.28. The van der Waals surface area contributed by atoms with Gasteiger partial charge >= 0.3 is 6.18 Å². The van der Waals surface area contributed by atoms with E-state index in [0.717, 1.165) is 29.8 Å². The van der Waals surface area contributed by atoms with Gasteiger partial charge in [-0.2, -0.15) is 13.2 Å². The van der Waals surface area contributed by atoms with Gasteiger partial charge in [-0.25, -0.2) is 13.1 Å². The molecule has 0 saturated carbocycles. The molecule has 2 aromatic carbocycles. The molecule has 158 valence electrons. The van der Waals surface area contributed by atoms with Gasteiger partial charge in [-0.3, -0.25) is 4.79 Å². The van der Waals surface area contributed by atoms with Crippen LogP contribution in [0.25, 0.3) is 0 Å². The first-order valence-corrected chi connectivity index (χ1v) is 10.2. The molecule has 1 unspecified atom stereocenters. The van der Waals surface area contributed by atoms with Gasteiger partial charge in [-0.15, -0.1) is 0 Å². The molecule has 1 atom stereocenters. The van der Waals surface area contributed by atoms with Gasteiger partial charge in [0.2, 0.25) is 10.0 Å². The van der Waals surface area contributed by atoms with Gasteiger partial charge in [0.15, 0.2) is 0 Å². The molecule has 0 saturated heterocycles. The van der Waals surface area contributed by atoms with E-state index in [4.69, 9.17) is 0 Å². The number of alkyl halides is 3. The average Bonchev–Trinajstić information content (AvgIpc) is 2.69. The van der Waals surface area contributed by atoms with E-state index in [1.54, 1.807) is 5.32 Å². The lowest BCUT2D eigenvalue weighted by Gasteiger charge is -2.17. The van der Waals surface area contributed by atoms with Crippen molar-refractivity contribution in [3.8, 4) is 0 Å². The smallest absolute Gasteiger partial charge is 0.396 e. The van der Waals surface area contributed by atoms with Crippen molar-refractivity contribution in [1.82, 2.24) is 10.0 Å². The van der Waals surface area contributed by atoms with Crippen LogP contribution >= 0.6 is 0 Å². The fourth-order valence-electron chi connectivity index (χ4n) is 2.63. The molecule has 0 spiro atoms. The van der Waals surface area contributed by atoms with Crippen LogP contribution in [-0.4, -0.2) is 45.3 Å². The first-order valence-electron chi connectivity index (χ1n) is 8.73. The SMILES string of the molecule is O=C(NCC(F)(F)F)c1ccc(S(=O)(=O)NCC(CCO)c2ccccc2)cc1. The second kappa shape index (κ2) is 9.86. The number of aliphatic hydroxyl groups is 1. The number of aliphatic hydroxyl groups excluding tert-OH is 1. The first kappa shape index (κ1) is 22.9. The Hall–Kier alpha value is -2.43. The van der Waals surface area contributed by atoms with Crippen LogP contribution in [0.4, 0.5) is 13.2 Å². The summed E-state index contributed by atoms with van der Waals surface area (Å²) in [5, 5.41) is 11.0. The van der Waals surface area contributed by atoms with Gasteiger partial charge in [-0.05, 0) is 42.2 Å². The van der Waals surface area contributed by atoms with Gasteiger partial charge in [0.25, 0.3) is 5.91 Å². The summed E-state index contributed by atoms with van der Waals surface area (Å²) in [5.41, 5.74) is 0.788. The number of benzene rings is 2. The number of amides is 1. The number of halogens is 3. The molecule has 0 bridgehead atoms. The van der Waals surface area contributed by atoms with Gasteiger partial charge in [0, 0.05) is 18.7 Å². The van der Waals surface area contributed by atoms with E-state index >= 15 is 0 Å². The lowest BCUT2D eigenvalue weighted by Crippen LogP contribution is -2.33. The van der Waals surface area contributed by atoms with E-state index in [0.29, 0.717) is 6.42 Å². The highest BCUT2D eigenvalue weighted by atomic mass is 32.2. The molecule has 0 aliphatic carbocycles. The van der Waals surface area contributed by atoms with Crippen LogP contribution in [0.2, 0.25) is 0 Å². The van der Waals surface area contributed by atoms with Gasteiger partial charge in [-0.1, -0.05) is 30.3 Å². The molecule has 6 nitrogen and oxygen atoms in total. The molecule has 1 amide bonds. The molecule has 0 radical (unpaired) electrons. The maximum Gasteiger partial charge on any atom is 0.405 e. The molecule has 0 aliphatic heterocycles. The second-order valence-electron chi connectivity index (χ2n) is 6.29. The van der Waals surface area contributed by atoms with Crippen molar-refractivity contribution in [1.29, 1.82) is 0 Å². The van der Waals surface area contributed by atoms with E-state index < -0.39 is 28.7 Å². The molecule has 0 heterocycles. The monoisotopic (exact) mass is 430 g/mol. The Morgan fingerprint density at radius 2 is 1.66 bits per heavy atom. The number of sulfonamides is 1. The fourth-order valence-corrected chi connectivity index (χ4v) is 3.71. The Morgan fingerprint density at radius 3 is 2.21 bits per heavy atom. The highest BCUT2D eigenvalue weighted by Crippen LogP contribution is 2.20. The van der Waals surface area contributed by atoms with E-state index in [9.17, 15) is 31.5 Å². The third-order valence-corrected chi connectivity index (χ3v) is 5.58. The second-order valence-corrected chi connectivity index (χ2v) is 8.06. The van der Waals surface area contributed by atoms with Crippen molar-refractivity contribution in [3.63, 3.8) is 0 Å². The Morgan fingerprint density at radius 1 is 1.03 bits per heavy atom. The van der Waals surface area contributed by atoms with E-state index in [-0.39, 0.29) is 29.5 Å². The summed E-state index contributed by atoms with van der Waals surface area (Å²) in [5.74, 6) is -1.19. The number of carbonyl (C=O) groups excluding carboxylic acids is 1. The topological polar surface area (TPSA) is 95.5 Å². The maximum atomic E-state index is 12.5. The van der Waals surface area contributed by atoms with E-state index in [1.807, 2.05) is 30.3 Å². The maximum absolute atomic E-state index is 12.5. The Labute approximate surface area is 166 Å². The molecule has 29 heavy (non-hydrogen) atoms. The van der Waals surface area contributed by atoms with Gasteiger partial charge in [0.1, 0.15) is 6.54 Å². The summed E-state index contributed by atoms with van der Waals surface area (Å²) in [6, 6.07) is 13.7. The summed E-state index contributed by atoms with van der Waals surface area (Å²) >= 11 is 0. The standard InChI is InChI=1S/C19H21F3N2O4S/c20-19(21,22)13-23-18(26)15-6-8-17(9-7-15)29(27,28)24-12-16(10-11-25)14-4-2-1-3-5-14/h1-9,16,24-25H,10-13H2,(H,23,26). The van der Waals surface area contributed by atoms with Gasteiger partial charge in [0.05, 0.1) is 4.90 Å². The van der Waals surface area contributed by atoms with Crippen LogP contribution < -0.4 is 10.0 Å². The molecular weight excluding hydrogens is 409 g/mol. The van der Waals surface area contributed by atoms with Crippen molar-refractivity contribution in [3.05, 3.63) is 65.7 Å². The average molecular weight is 430 g/mol. The number of rotatable bonds is 9. The summed E-state index contributed by atoms with van der Waals surface area (Å²) < 4.78 is 63.9. The number of nitrogens with one attached hydrogen (secondary N) is 2. The Kier molecular flexibility index (Phi) is 7.77. The van der Waals surface area contributed by atoms with E-state index in [2.05, 4.69) is 4.72 Å². The van der Waals surface area contributed by atoms with Crippen LogP contribution in [0.1, 0.15) is 28.3 Å². The summed E-state index contributed by atoms with van der Waals surface area (Å²) in [4.78, 5) is 11.6. The molecule has 3 N–H and O–H groups in total. The number of hydrogen-bond acceptors (Lipinski definition) is 4. The number of hydrogen-bond donors (Lipinski definition) is 3. The minimum absolute atomic E-state index is 0.0563. The van der Waals surface area contributed by atoms with Crippen LogP contribution in [0.3, 0.4) is 0 Å². The van der Waals surface area contributed by atoms with Gasteiger partial charge < -0.3 is 10.4 Å². The van der Waals surface area contributed by atoms with Crippen molar-refractivity contribution in [2.75, 3.05) is 19.7 Å². The lowest BCUT2D eigenvalue weighted by molar-refractivity contribution is -0.123. The summed E-state index contributed by atoms with van der Waals surface area (Å²) in [6.07, 6.45) is -4.17. The Bertz CT molecular complexity index is 901. The van der Waals surface area contributed by atoms with E-state index in [1.165, 1.54) is 0 Å². The first-order chi connectivity index (χ1) is 13.6. The van der Waals surface area contributed by atoms with Crippen molar-refractivity contribution < 1.29 is 31.5 Å². The molecule has 10 heteroatoms. The molecule has 0 aliphatic rings. The zero-order valence-electron chi connectivity index (χ0n) is 15.3. The lowest BCUT2D eigenvalue weighted by atomic mass is 9.96. The Balaban J connectivity index is 2.04. The van der Waals surface area contributed by atoms with Crippen molar-refractivity contribution in [2.45, 2.75) is 23.4 Å². The minimum Gasteiger partial charge on any atom is -0.396 e. The zero-order valence-corrected chi connectivity index (χ0v) is 16.1. The molecule has 0 fully saturated rings. The summed E-state index contributed by atoms with van der Waals surface area (Å²) in [7, 11) is -3.90. The van der Waals surface area contributed by atoms with Crippen LogP contribution in [-0.2, 0) is 10.0 Å². The quantitative estimate of drug-likeness (QED) is 0.569.